The van der Waals surface area contributed by atoms with Crippen LogP contribution in [0.1, 0.15) is 30.7 Å². The number of aliphatic hydroxyl groups is 2. The molecule has 2 unspecified atom stereocenters. The van der Waals surface area contributed by atoms with E-state index >= 15 is 0 Å². The third-order valence-corrected chi connectivity index (χ3v) is 4.10. The third-order valence-electron chi connectivity index (χ3n) is 4.10. The Labute approximate surface area is 125 Å². The SMILES string of the molecule is O=C(NCC(CCO)c1ccccc1)N1CCCC1CO. The molecule has 0 aliphatic carbocycles. The van der Waals surface area contributed by atoms with Crippen molar-refractivity contribution in [1.29, 1.82) is 0 Å². The maximum atomic E-state index is 12.2. The number of carbonyl (C=O) groups excluding carboxylic acids is 1. The summed E-state index contributed by atoms with van der Waals surface area (Å²) in [5, 5.41) is 21.4. The topological polar surface area (TPSA) is 72.8 Å². The highest BCUT2D eigenvalue weighted by Crippen LogP contribution is 2.20. The first-order chi connectivity index (χ1) is 10.3. The van der Waals surface area contributed by atoms with Crippen LogP contribution in [0.3, 0.4) is 0 Å². The van der Waals surface area contributed by atoms with Gasteiger partial charge in [0.25, 0.3) is 0 Å². The van der Waals surface area contributed by atoms with Gasteiger partial charge in [-0.1, -0.05) is 30.3 Å². The minimum atomic E-state index is -0.120. The van der Waals surface area contributed by atoms with E-state index in [0.717, 1.165) is 18.4 Å². The smallest absolute Gasteiger partial charge is 0.317 e. The number of hydrogen-bond donors (Lipinski definition) is 3. The number of rotatable bonds is 6. The molecule has 0 spiro atoms. The fraction of sp³-hybridized carbons (Fsp3) is 0.562. The molecule has 1 fully saturated rings. The summed E-state index contributed by atoms with van der Waals surface area (Å²) < 4.78 is 0. The van der Waals surface area contributed by atoms with Crippen molar-refractivity contribution in [2.45, 2.75) is 31.2 Å². The van der Waals surface area contributed by atoms with Crippen molar-refractivity contribution in [2.75, 3.05) is 26.3 Å². The quantitative estimate of drug-likeness (QED) is 0.740. The Kier molecular flexibility index (Phi) is 6.02. The van der Waals surface area contributed by atoms with Crippen LogP contribution in [0.4, 0.5) is 4.79 Å². The van der Waals surface area contributed by atoms with Crippen molar-refractivity contribution in [3.63, 3.8) is 0 Å². The summed E-state index contributed by atoms with van der Waals surface area (Å²) in [7, 11) is 0. The predicted octanol–water partition coefficient (Wildman–Crippen LogP) is 1.32. The number of amides is 2. The normalized spacial score (nSPS) is 19.5. The molecule has 5 nitrogen and oxygen atoms in total. The molecule has 0 aromatic heterocycles. The monoisotopic (exact) mass is 292 g/mol. The third kappa shape index (κ3) is 4.19. The second kappa shape index (κ2) is 8.00. The zero-order valence-corrected chi connectivity index (χ0v) is 12.2. The van der Waals surface area contributed by atoms with Crippen molar-refractivity contribution in [2.24, 2.45) is 0 Å². The summed E-state index contributed by atoms with van der Waals surface area (Å²) in [5.74, 6) is 0.107. The molecule has 0 radical (unpaired) electrons. The number of nitrogens with zero attached hydrogens (tertiary/aromatic N) is 1. The molecule has 1 heterocycles. The number of likely N-dealkylation sites (tertiary alicyclic amines) is 1. The van der Waals surface area contributed by atoms with Crippen LogP contribution in [0.5, 0.6) is 0 Å². The fourth-order valence-electron chi connectivity index (χ4n) is 2.87. The Morgan fingerprint density at radius 1 is 1.33 bits per heavy atom. The summed E-state index contributed by atoms with van der Waals surface area (Å²) >= 11 is 0. The van der Waals surface area contributed by atoms with Crippen LogP contribution < -0.4 is 5.32 Å². The average molecular weight is 292 g/mol. The molecule has 1 aliphatic heterocycles. The number of aliphatic hydroxyl groups excluding tert-OH is 2. The summed E-state index contributed by atoms with van der Waals surface area (Å²) in [6.45, 7) is 1.32. The lowest BCUT2D eigenvalue weighted by atomic mass is 9.96. The van der Waals surface area contributed by atoms with Crippen LogP contribution in [-0.2, 0) is 0 Å². The van der Waals surface area contributed by atoms with Crippen molar-refractivity contribution in [1.82, 2.24) is 10.2 Å². The predicted molar refractivity (Wildman–Crippen MR) is 81.1 cm³/mol. The lowest BCUT2D eigenvalue weighted by Gasteiger charge is -2.25. The van der Waals surface area contributed by atoms with Crippen molar-refractivity contribution < 1.29 is 15.0 Å². The molecule has 1 aromatic carbocycles. The van der Waals surface area contributed by atoms with Gasteiger partial charge in [-0.3, -0.25) is 0 Å². The molecule has 2 rings (SSSR count). The molecule has 0 saturated carbocycles. The highest BCUT2D eigenvalue weighted by atomic mass is 16.3. The Bertz CT molecular complexity index is 438. The van der Waals surface area contributed by atoms with Crippen LogP contribution in [0, 0.1) is 0 Å². The molecular formula is C16H24N2O3. The number of nitrogens with one attached hydrogen (secondary N) is 1. The molecule has 2 atom stereocenters. The van der Waals surface area contributed by atoms with Gasteiger partial charge in [-0.2, -0.15) is 0 Å². The van der Waals surface area contributed by atoms with Crippen molar-refractivity contribution in [3.8, 4) is 0 Å². The van der Waals surface area contributed by atoms with E-state index in [2.05, 4.69) is 5.32 Å². The van der Waals surface area contributed by atoms with E-state index in [0.29, 0.717) is 19.5 Å². The number of urea groups is 1. The first-order valence-corrected chi connectivity index (χ1v) is 7.57. The van der Waals surface area contributed by atoms with Crippen LogP contribution in [0.15, 0.2) is 30.3 Å². The van der Waals surface area contributed by atoms with Crippen LogP contribution in [0.2, 0.25) is 0 Å². The van der Waals surface area contributed by atoms with Gasteiger partial charge in [-0.25, -0.2) is 4.79 Å². The van der Waals surface area contributed by atoms with Crippen LogP contribution in [0.25, 0.3) is 0 Å². The zero-order chi connectivity index (χ0) is 15.1. The minimum absolute atomic E-state index is 0.0200. The van der Waals surface area contributed by atoms with E-state index in [1.165, 1.54) is 0 Å². The standard InChI is InChI=1S/C16H24N2O3/c19-10-8-14(13-5-2-1-3-6-13)11-17-16(21)18-9-4-7-15(18)12-20/h1-3,5-6,14-15,19-20H,4,7-12H2,(H,17,21). The van der Waals surface area contributed by atoms with Gasteiger partial charge >= 0.3 is 6.03 Å². The van der Waals surface area contributed by atoms with Gasteiger partial charge < -0.3 is 20.4 Å². The molecule has 5 heteroatoms. The van der Waals surface area contributed by atoms with Gasteiger partial charge in [0.1, 0.15) is 0 Å². The van der Waals surface area contributed by atoms with E-state index in [1.54, 1.807) is 4.90 Å². The second-order valence-electron chi connectivity index (χ2n) is 5.48. The van der Waals surface area contributed by atoms with Crippen molar-refractivity contribution in [3.05, 3.63) is 35.9 Å². The Morgan fingerprint density at radius 3 is 2.76 bits per heavy atom. The molecule has 116 valence electrons. The van der Waals surface area contributed by atoms with E-state index in [-0.39, 0.29) is 31.2 Å². The molecular weight excluding hydrogens is 268 g/mol. The Hall–Kier alpha value is -1.59. The lowest BCUT2D eigenvalue weighted by molar-refractivity contribution is 0.156. The largest absolute Gasteiger partial charge is 0.396 e. The van der Waals surface area contributed by atoms with Gasteiger partial charge in [0, 0.05) is 25.6 Å². The average Bonchev–Trinajstić information content (AvgIpc) is 3.00. The van der Waals surface area contributed by atoms with E-state index in [4.69, 9.17) is 0 Å². The summed E-state index contributed by atoms with van der Waals surface area (Å²) in [6.07, 6.45) is 2.42. The van der Waals surface area contributed by atoms with Gasteiger partial charge in [0.15, 0.2) is 0 Å². The first kappa shape index (κ1) is 15.8. The molecule has 21 heavy (non-hydrogen) atoms. The fourth-order valence-corrected chi connectivity index (χ4v) is 2.87. The van der Waals surface area contributed by atoms with Gasteiger partial charge in [-0.05, 0) is 24.8 Å². The maximum absolute atomic E-state index is 12.2. The minimum Gasteiger partial charge on any atom is -0.396 e. The highest BCUT2D eigenvalue weighted by molar-refractivity contribution is 5.75. The van der Waals surface area contributed by atoms with E-state index in [1.807, 2.05) is 30.3 Å². The molecule has 1 aliphatic rings. The van der Waals surface area contributed by atoms with E-state index < -0.39 is 0 Å². The Balaban J connectivity index is 1.91. The van der Waals surface area contributed by atoms with Gasteiger partial charge in [-0.15, -0.1) is 0 Å². The highest BCUT2D eigenvalue weighted by Gasteiger charge is 2.28. The van der Waals surface area contributed by atoms with Crippen LogP contribution in [-0.4, -0.2) is 53.5 Å². The number of hydrogen-bond acceptors (Lipinski definition) is 3. The molecule has 1 aromatic rings. The van der Waals surface area contributed by atoms with Gasteiger partial charge in [0.05, 0.1) is 12.6 Å². The number of carbonyl (C=O) groups is 1. The van der Waals surface area contributed by atoms with E-state index in [9.17, 15) is 15.0 Å². The molecule has 3 N–H and O–H groups in total. The number of benzene rings is 1. The molecule has 0 bridgehead atoms. The summed E-state index contributed by atoms with van der Waals surface area (Å²) in [4.78, 5) is 13.9. The van der Waals surface area contributed by atoms with Gasteiger partial charge in [0.2, 0.25) is 0 Å². The molecule has 2 amide bonds. The maximum Gasteiger partial charge on any atom is 0.317 e. The van der Waals surface area contributed by atoms with Crippen LogP contribution >= 0.6 is 0 Å². The second-order valence-corrected chi connectivity index (χ2v) is 5.48. The lowest BCUT2D eigenvalue weighted by Crippen LogP contribution is -2.45. The zero-order valence-electron chi connectivity index (χ0n) is 12.2. The molecule has 1 saturated heterocycles. The Morgan fingerprint density at radius 2 is 2.10 bits per heavy atom. The van der Waals surface area contributed by atoms with Crippen molar-refractivity contribution >= 4 is 6.03 Å². The summed E-state index contributed by atoms with van der Waals surface area (Å²) in [5.41, 5.74) is 1.12. The summed E-state index contributed by atoms with van der Waals surface area (Å²) in [6, 6.07) is 9.72. The first-order valence-electron chi connectivity index (χ1n) is 7.57.